The zero-order valence-electron chi connectivity index (χ0n) is 8.57. The normalized spacial score (nSPS) is 9.93. The summed E-state index contributed by atoms with van der Waals surface area (Å²) in [5, 5.41) is 1.16. The molecule has 0 atom stereocenters. The van der Waals surface area contributed by atoms with Gasteiger partial charge >= 0.3 is 0 Å². The fourth-order valence-corrected chi connectivity index (χ4v) is 1.20. The van der Waals surface area contributed by atoms with Gasteiger partial charge in [0.15, 0.2) is 0 Å². The van der Waals surface area contributed by atoms with Crippen molar-refractivity contribution in [2.45, 2.75) is 6.92 Å². The molecule has 0 saturated heterocycles. The van der Waals surface area contributed by atoms with Crippen LogP contribution in [0.5, 0.6) is 0 Å². The van der Waals surface area contributed by atoms with Crippen LogP contribution in [0.2, 0.25) is 0 Å². The van der Waals surface area contributed by atoms with E-state index in [1.165, 1.54) is 7.11 Å². The Morgan fingerprint density at radius 1 is 1.43 bits per heavy atom. The lowest BCUT2D eigenvalue weighted by Crippen LogP contribution is -2.25. The number of anilines is 1. The highest BCUT2D eigenvalue weighted by atomic mass is 16.7. The maximum Gasteiger partial charge on any atom is 0.277 e. The van der Waals surface area contributed by atoms with E-state index in [0.29, 0.717) is 11.3 Å². The highest BCUT2D eigenvalue weighted by molar-refractivity contribution is 5.94. The maximum absolute atomic E-state index is 11.6. The Labute approximate surface area is 83.2 Å². The fraction of sp³-hybridized carbons (Fsp3) is 0.300. The monoisotopic (exact) mass is 194 g/mol. The van der Waals surface area contributed by atoms with Gasteiger partial charge in [-0.15, -0.1) is 0 Å². The molecule has 14 heavy (non-hydrogen) atoms. The molecule has 2 N–H and O–H groups in total. The van der Waals surface area contributed by atoms with Crippen molar-refractivity contribution in [3.8, 4) is 0 Å². The van der Waals surface area contributed by atoms with Crippen LogP contribution in [0.25, 0.3) is 0 Å². The lowest BCUT2D eigenvalue weighted by atomic mass is 10.1. The quantitative estimate of drug-likeness (QED) is 0.568. The maximum atomic E-state index is 11.6. The lowest BCUT2D eigenvalue weighted by Gasteiger charge is -2.14. The van der Waals surface area contributed by atoms with Gasteiger partial charge in [0.25, 0.3) is 5.91 Å². The van der Waals surface area contributed by atoms with Gasteiger partial charge in [-0.1, -0.05) is 0 Å². The van der Waals surface area contributed by atoms with E-state index in [2.05, 4.69) is 0 Å². The summed E-state index contributed by atoms with van der Waals surface area (Å²) in [7, 11) is 3.00. The van der Waals surface area contributed by atoms with Crippen molar-refractivity contribution in [2.24, 2.45) is 0 Å². The molecule has 0 heterocycles. The number of hydrogen-bond donors (Lipinski definition) is 1. The molecule has 4 nitrogen and oxygen atoms in total. The summed E-state index contributed by atoms with van der Waals surface area (Å²) < 4.78 is 0. The minimum Gasteiger partial charge on any atom is -0.399 e. The third kappa shape index (κ3) is 2.23. The molecule has 76 valence electrons. The number of nitrogen functional groups attached to an aromatic ring is 1. The Hall–Kier alpha value is -1.55. The van der Waals surface area contributed by atoms with Crippen LogP contribution in [0, 0.1) is 6.92 Å². The van der Waals surface area contributed by atoms with E-state index in [0.717, 1.165) is 10.6 Å². The fourth-order valence-electron chi connectivity index (χ4n) is 1.20. The molecule has 0 fully saturated rings. The first-order valence-electron chi connectivity index (χ1n) is 4.24. The molecule has 1 aromatic rings. The zero-order chi connectivity index (χ0) is 10.7. The molecule has 0 bridgehead atoms. The van der Waals surface area contributed by atoms with Crippen molar-refractivity contribution in [3.63, 3.8) is 0 Å². The predicted octanol–water partition coefficient (Wildman–Crippen LogP) is 1.21. The number of hydrogen-bond acceptors (Lipinski definition) is 3. The lowest BCUT2D eigenvalue weighted by molar-refractivity contribution is -0.0756. The summed E-state index contributed by atoms with van der Waals surface area (Å²) in [4.78, 5) is 16.4. The number of rotatable bonds is 2. The van der Waals surface area contributed by atoms with Crippen LogP contribution in [0.1, 0.15) is 15.9 Å². The molecule has 0 aliphatic rings. The molecule has 1 aromatic carbocycles. The van der Waals surface area contributed by atoms with Crippen molar-refractivity contribution < 1.29 is 9.63 Å². The van der Waals surface area contributed by atoms with Gasteiger partial charge in [0.2, 0.25) is 0 Å². The second-order valence-corrected chi connectivity index (χ2v) is 3.12. The van der Waals surface area contributed by atoms with Gasteiger partial charge in [0.1, 0.15) is 0 Å². The second kappa shape index (κ2) is 4.11. The molecule has 0 aliphatic carbocycles. The zero-order valence-corrected chi connectivity index (χ0v) is 8.57. The Morgan fingerprint density at radius 2 is 2.07 bits per heavy atom. The van der Waals surface area contributed by atoms with Gasteiger partial charge < -0.3 is 5.73 Å². The predicted molar refractivity (Wildman–Crippen MR) is 54.7 cm³/mol. The number of amides is 1. The van der Waals surface area contributed by atoms with E-state index < -0.39 is 0 Å². The number of carbonyl (C=O) groups excluding carboxylic acids is 1. The molecule has 0 spiro atoms. The third-order valence-corrected chi connectivity index (χ3v) is 1.91. The minimum atomic E-state index is -0.206. The largest absolute Gasteiger partial charge is 0.399 e. The highest BCUT2D eigenvalue weighted by Gasteiger charge is 2.11. The minimum absolute atomic E-state index is 0.206. The van der Waals surface area contributed by atoms with Crippen molar-refractivity contribution in [3.05, 3.63) is 29.3 Å². The highest BCUT2D eigenvalue weighted by Crippen LogP contribution is 2.12. The molecule has 0 aliphatic heterocycles. The van der Waals surface area contributed by atoms with Crippen LogP contribution >= 0.6 is 0 Å². The van der Waals surface area contributed by atoms with Gasteiger partial charge in [0.05, 0.1) is 7.11 Å². The number of benzene rings is 1. The Bertz CT molecular complexity index is 330. The van der Waals surface area contributed by atoms with Crippen LogP contribution in [0.4, 0.5) is 5.69 Å². The van der Waals surface area contributed by atoms with E-state index in [4.69, 9.17) is 10.6 Å². The van der Waals surface area contributed by atoms with Crippen LogP contribution < -0.4 is 5.73 Å². The Kier molecular flexibility index (Phi) is 3.09. The van der Waals surface area contributed by atoms with Gasteiger partial charge in [-0.05, 0) is 30.7 Å². The van der Waals surface area contributed by atoms with Crippen molar-refractivity contribution in [2.75, 3.05) is 19.9 Å². The van der Waals surface area contributed by atoms with Crippen LogP contribution in [0.3, 0.4) is 0 Å². The summed E-state index contributed by atoms with van der Waals surface area (Å²) in [5.41, 5.74) is 7.70. The first-order chi connectivity index (χ1) is 6.54. The molecule has 1 rings (SSSR count). The number of nitrogens with two attached hydrogens (primary N) is 1. The number of nitrogens with zero attached hydrogens (tertiary/aromatic N) is 1. The third-order valence-electron chi connectivity index (χ3n) is 1.91. The van der Waals surface area contributed by atoms with Gasteiger partial charge in [-0.25, -0.2) is 5.06 Å². The van der Waals surface area contributed by atoms with Gasteiger partial charge in [-0.3, -0.25) is 9.63 Å². The van der Waals surface area contributed by atoms with Crippen LogP contribution in [-0.4, -0.2) is 25.1 Å². The van der Waals surface area contributed by atoms with E-state index in [-0.39, 0.29) is 5.91 Å². The topological polar surface area (TPSA) is 55.6 Å². The SMILES string of the molecule is CON(C)C(=O)c1cc(C)cc(N)c1. The van der Waals surface area contributed by atoms with Crippen molar-refractivity contribution in [1.29, 1.82) is 0 Å². The number of carbonyl (C=O) groups is 1. The molecule has 0 radical (unpaired) electrons. The summed E-state index contributed by atoms with van der Waals surface area (Å²) in [5.74, 6) is -0.206. The molecule has 0 aromatic heterocycles. The summed E-state index contributed by atoms with van der Waals surface area (Å²) >= 11 is 0. The smallest absolute Gasteiger partial charge is 0.277 e. The van der Waals surface area contributed by atoms with Crippen molar-refractivity contribution >= 4 is 11.6 Å². The standard InChI is InChI=1S/C10H14N2O2/c1-7-4-8(6-9(11)5-7)10(13)12(2)14-3/h4-6H,11H2,1-3H3. The average Bonchev–Trinajstić information content (AvgIpc) is 2.14. The molecule has 0 saturated carbocycles. The summed E-state index contributed by atoms with van der Waals surface area (Å²) in [6.45, 7) is 1.89. The molecule has 0 unspecified atom stereocenters. The summed E-state index contributed by atoms with van der Waals surface area (Å²) in [6.07, 6.45) is 0. The molecular formula is C10H14N2O2. The number of aryl methyl sites for hydroxylation is 1. The summed E-state index contributed by atoms with van der Waals surface area (Å²) in [6, 6.07) is 5.21. The molecule has 4 heteroatoms. The van der Waals surface area contributed by atoms with E-state index in [1.807, 2.05) is 13.0 Å². The second-order valence-electron chi connectivity index (χ2n) is 3.12. The van der Waals surface area contributed by atoms with Gasteiger partial charge in [0, 0.05) is 18.3 Å². The van der Waals surface area contributed by atoms with Crippen LogP contribution in [0.15, 0.2) is 18.2 Å². The van der Waals surface area contributed by atoms with E-state index in [9.17, 15) is 4.79 Å². The molecular weight excluding hydrogens is 180 g/mol. The van der Waals surface area contributed by atoms with Crippen molar-refractivity contribution in [1.82, 2.24) is 5.06 Å². The van der Waals surface area contributed by atoms with Crippen LogP contribution in [-0.2, 0) is 4.84 Å². The van der Waals surface area contributed by atoms with E-state index >= 15 is 0 Å². The Balaban J connectivity index is 3.01. The molecule has 1 amide bonds. The first kappa shape index (κ1) is 10.5. The van der Waals surface area contributed by atoms with Gasteiger partial charge in [-0.2, -0.15) is 0 Å². The number of hydroxylamine groups is 2. The first-order valence-corrected chi connectivity index (χ1v) is 4.24. The Morgan fingerprint density at radius 3 is 2.57 bits per heavy atom. The van der Waals surface area contributed by atoms with E-state index in [1.54, 1.807) is 19.2 Å². The average molecular weight is 194 g/mol.